The minimum Gasteiger partial charge on any atom is -0.489 e. The summed E-state index contributed by atoms with van der Waals surface area (Å²) >= 11 is 5.95. The molecule has 4 heteroatoms. The van der Waals surface area contributed by atoms with Gasteiger partial charge in [0, 0.05) is 5.69 Å². The summed E-state index contributed by atoms with van der Waals surface area (Å²) in [6.45, 7) is 2.44. The van der Waals surface area contributed by atoms with Crippen molar-refractivity contribution in [2.45, 2.75) is 13.5 Å². The van der Waals surface area contributed by atoms with Crippen LogP contribution in [0.4, 0.5) is 0 Å². The van der Waals surface area contributed by atoms with Gasteiger partial charge in [0.05, 0.1) is 0 Å². The normalized spacial score (nSPS) is 10.9. The van der Waals surface area contributed by atoms with Crippen LogP contribution in [0.5, 0.6) is 5.75 Å². The van der Waals surface area contributed by atoms with E-state index >= 15 is 0 Å². The average Bonchev–Trinajstić information content (AvgIpc) is 2.59. The lowest BCUT2D eigenvalue weighted by Crippen LogP contribution is -1.95. The molecular formula is C20H17ClN2O. The van der Waals surface area contributed by atoms with Crippen LogP contribution in [0, 0.1) is 6.92 Å². The van der Waals surface area contributed by atoms with Crippen molar-refractivity contribution in [2.75, 3.05) is 0 Å². The zero-order chi connectivity index (χ0) is 16.8. The third-order valence-electron chi connectivity index (χ3n) is 3.37. The number of aromatic nitrogens is 2. The molecule has 0 N–H and O–H groups in total. The van der Waals surface area contributed by atoms with Gasteiger partial charge in [-0.1, -0.05) is 60.1 Å². The number of rotatable bonds is 5. The maximum absolute atomic E-state index is 5.95. The van der Waals surface area contributed by atoms with Gasteiger partial charge in [0.2, 0.25) is 0 Å². The SMILES string of the molecule is Cc1cc(Cl)nc(C=Cc2cccc(OCc3ccccc3)c2)n1. The molecule has 3 aromatic rings. The predicted molar refractivity (Wildman–Crippen MR) is 97.9 cm³/mol. The Kier molecular flexibility index (Phi) is 5.24. The Balaban J connectivity index is 1.69. The highest BCUT2D eigenvalue weighted by Crippen LogP contribution is 2.17. The van der Waals surface area contributed by atoms with E-state index in [9.17, 15) is 0 Å². The van der Waals surface area contributed by atoms with Gasteiger partial charge in [0.1, 0.15) is 17.5 Å². The van der Waals surface area contributed by atoms with Crippen LogP contribution >= 0.6 is 11.6 Å². The quantitative estimate of drug-likeness (QED) is 0.601. The number of nitrogens with zero attached hydrogens (tertiary/aromatic N) is 2. The van der Waals surface area contributed by atoms with Crippen LogP contribution in [0.25, 0.3) is 12.2 Å². The summed E-state index contributed by atoms with van der Waals surface area (Å²) in [7, 11) is 0. The Morgan fingerprint density at radius 1 is 0.958 bits per heavy atom. The molecule has 0 unspecified atom stereocenters. The maximum atomic E-state index is 5.95. The van der Waals surface area contributed by atoms with Gasteiger partial charge in [-0.15, -0.1) is 0 Å². The first-order valence-corrected chi connectivity index (χ1v) is 8.03. The first kappa shape index (κ1) is 16.2. The topological polar surface area (TPSA) is 35.0 Å². The lowest BCUT2D eigenvalue weighted by atomic mass is 10.2. The van der Waals surface area contributed by atoms with Crippen LogP contribution < -0.4 is 4.74 Å². The molecule has 0 atom stereocenters. The van der Waals surface area contributed by atoms with Gasteiger partial charge in [-0.3, -0.25) is 0 Å². The number of ether oxygens (including phenoxy) is 1. The van der Waals surface area contributed by atoms with Gasteiger partial charge in [0.25, 0.3) is 0 Å². The fraction of sp³-hybridized carbons (Fsp3) is 0.100. The van der Waals surface area contributed by atoms with Crippen LogP contribution in [0.15, 0.2) is 60.7 Å². The van der Waals surface area contributed by atoms with Crippen LogP contribution in [0.1, 0.15) is 22.6 Å². The molecule has 0 fully saturated rings. The molecule has 0 saturated heterocycles. The van der Waals surface area contributed by atoms with Gasteiger partial charge in [0.15, 0.2) is 5.82 Å². The highest BCUT2D eigenvalue weighted by molar-refractivity contribution is 6.29. The van der Waals surface area contributed by atoms with E-state index in [4.69, 9.17) is 16.3 Å². The van der Waals surface area contributed by atoms with Crippen molar-refractivity contribution in [3.05, 3.63) is 88.5 Å². The second-order valence-corrected chi connectivity index (χ2v) is 5.76. The van der Waals surface area contributed by atoms with Gasteiger partial charge in [-0.05, 0) is 42.3 Å². The lowest BCUT2D eigenvalue weighted by molar-refractivity contribution is 0.306. The number of hydrogen-bond donors (Lipinski definition) is 0. The lowest BCUT2D eigenvalue weighted by Gasteiger charge is -2.07. The molecule has 0 spiro atoms. The van der Waals surface area contributed by atoms with Crippen LogP contribution in [-0.2, 0) is 6.61 Å². The molecule has 0 aliphatic rings. The first-order chi connectivity index (χ1) is 11.7. The van der Waals surface area contributed by atoms with E-state index in [1.54, 1.807) is 6.07 Å². The van der Waals surface area contributed by atoms with Crippen molar-refractivity contribution < 1.29 is 4.74 Å². The van der Waals surface area contributed by atoms with E-state index in [0.29, 0.717) is 17.6 Å². The van der Waals surface area contributed by atoms with Crippen molar-refractivity contribution in [3.8, 4) is 5.75 Å². The molecule has 0 amide bonds. The number of hydrogen-bond acceptors (Lipinski definition) is 3. The molecule has 120 valence electrons. The summed E-state index contributed by atoms with van der Waals surface area (Å²) in [6.07, 6.45) is 3.79. The van der Waals surface area contributed by atoms with E-state index in [1.165, 1.54) is 0 Å². The zero-order valence-corrected chi connectivity index (χ0v) is 14.1. The van der Waals surface area contributed by atoms with Crippen LogP contribution in [0.2, 0.25) is 5.15 Å². The molecule has 3 rings (SSSR count). The van der Waals surface area contributed by atoms with E-state index < -0.39 is 0 Å². The number of halogens is 1. The maximum Gasteiger partial charge on any atom is 0.153 e. The summed E-state index contributed by atoms with van der Waals surface area (Å²) in [5.74, 6) is 1.42. The van der Waals surface area contributed by atoms with E-state index in [-0.39, 0.29) is 0 Å². The van der Waals surface area contributed by atoms with Gasteiger partial charge in [-0.2, -0.15) is 0 Å². The molecule has 0 aliphatic carbocycles. The standard InChI is InChI=1S/C20H17ClN2O/c1-15-12-19(21)23-20(22-15)11-10-16-8-5-9-18(13-16)24-14-17-6-3-2-4-7-17/h2-13H,14H2,1H3. The van der Waals surface area contributed by atoms with E-state index in [0.717, 1.165) is 22.6 Å². The molecule has 0 aliphatic heterocycles. The molecule has 0 radical (unpaired) electrons. The number of benzene rings is 2. The van der Waals surface area contributed by atoms with Crippen molar-refractivity contribution >= 4 is 23.8 Å². The van der Waals surface area contributed by atoms with E-state index in [1.807, 2.05) is 73.7 Å². The second kappa shape index (κ2) is 7.75. The Bertz CT molecular complexity index is 827. The molecule has 2 aromatic carbocycles. The van der Waals surface area contributed by atoms with Gasteiger partial charge >= 0.3 is 0 Å². The third-order valence-corrected chi connectivity index (χ3v) is 3.57. The monoisotopic (exact) mass is 336 g/mol. The zero-order valence-electron chi connectivity index (χ0n) is 13.3. The van der Waals surface area contributed by atoms with Crippen LogP contribution in [-0.4, -0.2) is 9.97 Å². The Morgan fingerprint density at radius 2 is 1.79 bits per heavy atom. The van der Waals surface area contributed by atoms with E-state index in [2.05, 4.69) is 9.97 Å². The van der Waals surface area contributed by atoms with Crippen molar-refractivity contribution in [3.63, 3.8) is 0 Å². The minimum atomic E-state index is 0.446. The van der Waals surface area contributed by atoms with Crippen molar-refractivity contribution in [1.82, 2.24) is 9.97 Å². The minimum absolute atomic E-state index is 0.446. The second-order valence-electron chi connectivity index (χ2n) is 5.37. The molecule has 1 heterocycles. The number of aryl methyl sites for hydroxylation is 1. The predicted octanol–water partition coefficient (Wildman–Crippen LogP) is 5.19. The molecule has 1 aromatic heterocycles. The Labute approximate surface area is 146 Å². The summed E-state index contributed by atoms with van der Waals surface area (Å²) in [5.41, 5.74) is 3.00. The van der Waals surface area contributed by atoms with Crippen LogP contribution in [0.3, 0.4) is 0 Å². The Hall–Kier alpha value is -2.65. The summed E-state index contributed by atoms with van der Waals surface area (Å²) in [5, 5.41) is 0.446. The molecular weight excluding hydrogens is 320 g/mol. The molecule has 0 bridgehead atoms. The first-order valence-electron chi connectivity index (χ1n) is 7.65. The van der Waals surface area contributed by atoms with Gasteiger partial charge < -0.3 is 4.74 Å². The average molecular weight is 337 g/mol. The summed E-state index contributed by atoms with van der Waals surface area (Å²) in [6, 6.07) is 19.7. The smallest absolute Gasteiger partial charge is 0.153 e. The van der Waals surface area contributed by atoms with Crippen molar-refractivity contribution in [2.24, 2.45) is 0 Å². The summed E-state index contributed by atoms with van der Waals surface area (Å²) in [4.78, 5) is 8.52. The molecule has 24 heavy (non-hydrogen) atoms. The highest BCUT2D eigenvalue weighted by atomic mass is 35.5. The molecule has 3 nitrogen and oxygen atoms in total. The third kappa shape index (κ3) is 4.67. The Morgan fingerprint density at radius 3 is 2.58 bits per heavy atom. The summed E-state index contributed by atoms with van der Waals surface area (Å²) < 4.78 is 5.84. The van der Waals surface area contributed by atoms with Gasteiger partial charge in [-0.25, -0.2) is 9.97 Å². The largest absolute Gasteiger partial charge is 0.489 e. The fourth-order valence-corrected chi connectivity index (χ4v) is 2.49. The fourth-order valence-electron chi connectivity index (χ4n) is 2.25. The highest BCUT2D eigenvalue weighted by Gasteiger charge is 1.99. The molecule has 0 saturated carbocycles. The van der Waals surface area contributed by atoms with Crippen molar-refractivity contribution in [1.29, 1.82) is 0 Å².